The predicted octanol–water partition coefficient (Wildman–Crippen LogP) is 0.513. The molecule has 0 aliphatic heterocycles. The molecule has 0 aliphatic carbocycles. The Hall–Kier alpha value is -0.750. The highest BCUT2D eigenvalue weighted by Gasteiger charge is 2.26. The summed E-state index contributed by atoms with van der Waals surface area (Å²) in [7, 11) is 0. The van der Waals surface area contributed by atoms with E-state index < -0.39 is 24.9 Å². The second kappa shape index (κ2) is 7.53. The molecule has 3 N–H and O–H groups in total. The molecule has 15 heavy (non-hydrogen) atoms. The predicted molar refractivity (Wildman–Crippen MR) is 52.7 cm³/mol. The zero-order valence-electron chi connectivity index (χ0n) is 8.89. The maximum absolute atomic E-state index is 12.6. The number of halogens is 2. The van der Waals surface area contributed by atoms with Gasteiger partial charge in [0.25, 0.3) is 5.92 Å². The molecule has 0 heterocycles. The van der Waals surface area contributed by atoms with Gasteiger partial charge < -0.3 is 15.8 Å². The van der Waals surface area contributed by atoms with E-state index in [1.54, 1.807) is 0 Å². The van der Waals surface area contributed by atoms with Gasteiger partial charge in [0.1, 0.15) is 0 Å². The molecule has 0 aliphatic rings. The van der Waals surface area contributed by atoms with Crippen molar-refractivity contribution in [2.45, 2.75) is 25.7 Å². The number of ether oxygens (including phenoxy) is 1. The number of hydrogen-bond donors (Lipinski definition) is 2. The number of carbonyl (C=O) groups excluding carboxylic acids is 1. The molecule has 1 amide bonds. The Bertz CT molecular complexity index is 189. The van der Waals surface area contributed by atoms with Crippen molar-refractivity contribution in [3.05, 3.63) is 0 Å². The lowest BCUT2D eigenvalue weighted by atomic mass is 10.3. The number of hydrogen-bond acceptors (Lipinski definition) is 3. The highest BCUT2D eigenvalue weighted by molar-refractivity contribution is 5.76. The van der Waals surface area contributed by atoms with Gasteiger partial charge in [-0.1, -0.05) is 6.92 Å². The van der Waals surface area contributed by atoms with Crippen LogP contribution < -0.4 is 11.1 Å². The molecule has 0 saturated carbocycles. The molecule has 0 spiro atoms. The average Bonchev–Trinajstić information content (AvgIpc) is 2.22. The van der Waals surface area contributed by atoms with Crippen molar-refractivity contribution < 1.29 is 18.3 Å². The van der Waals surface area contributed by atoms with Gasteiger partial charge in [-0.3, -0.25) is 4.79 Å². The third kappa shape index (κ3) is 8.26. The van der Waals surface area contributed by atoms with Crippen molar-refractivity contribution in [3.8, 4) is 0 Å². The van der Waals surface area contributed by atoms with Gasteiger partial charge in [-0.15, -0.1) is 0 Å². The van der Waals surface area contributed by atoms with E-state index in [0.717, 1.165) is 6.42 Å². The van der Waals surface area contributed by atoms with Crippen LogP contribution in [0.4, 0.5) is 8.78 Å². The topological polar surface area (TPSA) is 64.3 Å². The summed E-state index contributed by atoms with van der Waals surface area (Å²) in [6, 6.07) is 0. The lowest BCUT2D eigenvalue weighted by Crippen LogP contribution is -2.41. The van der Waals surface area contributed by atoms with Crippen LogP contribution in [-0.4, -0.2) is 38.1 Å². The van der Waals surface area contributed by atoms with Gasteiger partial charge in [0.2, 0.25) is 5.91 Å². The Morgan fingerprint density at radius 1 is 1.47 bits per heavy atom. The SMILES string of the molecule is CCCOCCC(=O)NCC(F)(F)CN. The van der Waals surface area contributed by atoms with Gasteiger partial charge >= 0.3 is 0 Å². The first kappa shape index (κ1) is 14.2. The second-order valence-corrected chi connectivity index (χ2v) is 3.20. The van der Waals surface area contributed by atoms with Crippen LogP contribution in [0.25, 0.3) is 0 Å². The maximum atomic E-state index is 12.6. The quantitative estimate of drug-likeness (QED) is 0.590. The largest absolute Gasteiger partial charge is 0.381 e. The van der Waals surface area contributed by atoms with Crippen molar-refractivity contribution in [2.24, 2.45) is 5.73 Å². The summed E-state index contributed by atoms with van der Waals surface area (Å²) >= 11 is 0. The molecule has 0 atom stereocenters. The number of amides is 1. The van der Waals surface area contributed by atoms with Crippen LogP contribution >= 0.6 is 0 Å². The van der Waals surface area contributed by atoms with E-state index in [-0.39, 0.29) is 13.0 Å². The first-order valence-electron chi connectivity index (χ1n) is 4.94. The second-order valence-electron chi connectivity index (χ2n) is 3.20. The number of carbonyl (C=O) groups is 1. The molecule has 0 unspecified atom stereocenters. The molecular formula is C9H18F2N2O2. The molecular weight excluding hydrogens is 206 g/mol. The summed E-state index contributed by atoms with van der Waals surface area (Å²) in [6.07, 6.45) is 0.966. The standard InChI is InChI=1S/C9H18F2N2O2/c1-2-4-15-5-3-8(14)13-7-9(10,11)6-12/h2-7,12H2,1H3,(H,13,14). The number of rotatable bonds is 8. The van der Waals surface area contributed by atoms with Crippen LogP contribution in [0.3, 0.4) is 0 Å². The van der Waals surface area contributed by atoms with Crippen LogP contribution in [-0.2, 0) is 9.53 Å². The van der Waals surface area contributed by atoms with E-state index in [0.29, 0.717) is 6.61 Å². The fourth-order valence-electron chi connectivity index (χ4n) is 0.800. The zero-order valence-corrected chi connectivity index (χ0v) is 8.89. The first-order valence-corrected chi connectivity index (χ1v) is 4.94. The molecule has 6 heteroatoms. The Morgan fingerprint density at radius 2 is 2.13 bits per heavy atom. The highest BCUT2D eigenvalue weighted by atomic mass is 19.3. The smallest absolute Gasteiger partial charge is 0.277 e. The first-order chi connectivity index (χ1) is 7.02. The summed E-state index contributed by atoms with van der Waals surface area (Å²) in [4.78, 5) is 11.0. The summed E-state index contributed by atoms with van der Waals surface area (Å²) in [6.45, 7) is 1.30. The van der Waals surface area contributed by atoms with E-state index in [2.05, 4.69) is 5.32 Å². The normalized spacial score (nSPS) is 11.5. The minimum Gasteiger partial charge on any atom is -0.381 e. The molecule has 0 aromatic carbocycles. The fraction of sp³-hybridized carbons (Fsp3) is 0.889. The Balaban J connectivity index is 3.49. The summed E-state index contributed by atoms with van der Waals surface area (Å²) in [5.41, 5.74) is 4.81. The van der Waals surface area contributed by atoms with Gasteiger partial charge in [0.05, 0.1) is 19.7 Å². The third-order valence-corrected chi connectivity index (χ3v) is 1.66. The zero-order chi connectivity index (χ0) is 11.7. The molecule has 90 valence electrons. The summed E-state index contributed by atoms with van der Waals surface area (Å²) in [5, 5.41) is 2.10. The average molecular weight is 224 g/mol. The third-order valence-electron chi connectivity index (χ3n) is 1.66. The van der Waals surface area contributed by atoms with Crippen molar-refractivity contribution in [3.63, 3.8) is 0 Å². The Kier molecular flexibility index (Phi) is 7.15. The van der Waals surface area contributed by atoms with E-state index in [9.17, 15) is 13.6 Å². The lowest BCUT2D eigenvalue weighted by molar-refractivity contribution is -0.123. The Morgan fingerprint density at radius 3 is 2.67 bits per heavy atom. The van der Waals surface area contributed by atoms with Crippen LogP contribution in [0.1, 0.15) is 19.8 Å². The van der Waals surface area contributed by atoms with Gasteiger partial charge in [-0.05, 0) is 6.42 Å². The van der Waals surface area contributed by atoms with Crippen LogP contribution in [0.15, 0.2) is 0 Å². The number of alkyl halides is 2. The van der Waals surface area contributed by atoms with E-state index in [4.69, 9.17) is 10.5 Å². The summed E-state index contributed by atoms with van der Waals surface area (Å²) in [5.74, 6) is -3.47. The van der Waals surface area contributed by atoms with E-state index in [1.807, 2.05) is 6.92 Å². The maximum Gasteiger partial charge on any atom is 0.277 e. The molecule has 0 rings (SSSR count). The fourth-order valence-corrected chi connectivity index (χ4v) is 0.800. The number of nitrogens with one attached hydrogen (secondary N) is 1. The number of nitrogens with two attached hydrogens (primary N) is 1. The van der Waals surface area contributed by atoms with Crippen molar-refractivity contribution in [2.75, 3.05) is 26.3 Å². The van der Waals surface area contributed by atoms with Crippen LogP contribution in [0.5, 0.6) is 0 Å². The van der Waals surface area contributed by atoms with Gasteiger partial charge in [-0.2, -0.15) is 0 Å². The van der Waals surface area contributed by atoms with Gasteiger partial charge in [0, 0.05) is 13.0 Å². The van der Waals surface area contributed by atoms with Crippen LogP contribution in [0.2, 0.25) is 0 Å². The Labute approximate surface area is 88.2 Å². The van der Waals surface area contributed by atoms with Crippen molar-refractivity contribution in [1.82, 2.24) is 5.32 Å². The highest BCUT2D eigenvalue weighted by Crippen LogP contribution is 2.08. The molecule has 0 radical (unpaired) electrons. The van der Waals surface area contributed by atoms with E-state index >= 15 is 0 Å². The van der Waals surface area contributed by atoms with Crippen molar-refractivity contribution in [1.29, 1.82) is 0 Å². The minimum atomic E-state index is -3.03. The molecule has 4 nitrogen and oxygen atoms in total. The molecule has 0 saturated heterocycles. The van der Waals surface area contributed by atoms with Gasteiger partial charge in [-0.25, -0.2) is 8.78 Å². The molecule has 0 bridgehead atoms. The van der Waals surface area contributed by atoms with Crippen molar-refractivity contribution >= 4 is 5.91 Å². The van der Waals surface area contributed by atoms with Gasteiger partial charge in [0.15, 0.2) is 0 Å². The summed E-state index contributed by atoms with van der Waals surface area (Å²) < 4.78 is 30.2. The minimum absolute atomic E-state index is 0.0979. The monoisotopic (exact) mass is 224 g/mol. The molecule has 0 fully saturated rings. The van der Waals surface area contributed by atoms with Crippen LogP contribution in [0, 0.1) is 0 Å². The molecule has 0 aromatic rings. The lowest BCUT2D eigenvalue weighted by Gasteiger charge is -2.14. The molecule has 0 aromatic heterocycles. The van der Waals surface area contributed by atoms with E-state index in [1.165, 1.54) is 0 Å².